The molecule has 2 aliphatic rings. The van der Waals surface area contributed by atoms with E-state index >= 15 is 0 Å². The summed E-state index contributed by atoms with van der Waals surface area (Å²) in [4.78, 5) is 2.66. The molecule has 0 spiro atoms. The van der Waals surface area contributed by atoms with Crippen LogP contribution in [0.4, 0.5) is 0 Å². The third kappa shape index (κ3) is 2.72. The Balaban J connectivity index is 1.81. The lowest BCUT2D eigenvalue weighted by molar-refractivity contribution is 0.0783. The number of hydrogen-bond acceptors (Lipinski definition) is 3. The van der Waals surface area contributed by atoms with Gasteiger partial charge in [-0.25, -0.2) is 8.42 Å². The Bertz CT molecular complexity index is 643. The van der Waals surface area contributed by atoms with Crippen molar-refractivity contribution < 1.29 is 8.42 Å². The van der Waals surface area contributed by atoms with Crippen molar-refractivity contribution in [3.8, 4) is 0 Å². The smallest absolute Gasteiger partial charge is 0.244 e. The first-order valence-electron chi connectivity index (χ1n) is 7.36. The summed E-state index contributed by atoms with van der Waals surface area (Å²) in [6.07, 6.45) is 2.43. The normalized spacial score (nSPS) is 26.7. The number of hydrogen-bond donors (Lipinski definition) is 0. The van der Waals surface area contributed by atoms with Gasteiger partial charge in [-0.2, -0.15) is 4.31 Å². The summed E-state index contributed by atoms with van der Waals surface area (Å²) in [6, 6.07) is 6.90. The molecule has 4 nitrogen and oxygen atoms in total. The van der Waals surface area contributed by atoms with Crippen molar-refractivity contribution in [2.45, 2.75) is 43.2 Å². The first-order chi connectivity index (χ1) is 9.84. The fraction of sp³-hybridized carbons (Fsp3) is 0.600. The lowest BCUT2D eigenvalue weighted by Gasteiger charge is -2.42. The van der Waals surface area contributed by atoms with Crippen molar-refractivity contribution in [3.63, 3.8) is 0 Å². The third-order valence-electron chi connectivity index (χ3n) is 4.71. The highest BCUT2D eigenvalue weighted by atomic mass is 35.5. The van der Waals surface area contributed by atoms with Crippen LogP contribution in [-0.4, -0.2) is 48.8 Å². The highest BCUT2D eigenvalue weighted by molar-refractivity contribution is 7.89. The molecule has 1 saturated carbocycles. The van der Waals surface area contributed by atoms with Gasteiger partial charge in [0, 0.05) is 31.2 Å². The van der Waals surface area contributed by atoms with Gasteiger partial charge in [-0.1, -0.05) is 23.7 Å². The molecule has 1 saturated heterocycles. The molecule has 2 fully saturated rings. The van der Waals surface area contributed by atoms with E-state index in [1.165, 1.54) is 12.8 Å². The monoisotopic (exact) mass is 328 g/mol. The van der Waals surface area contributed by atoms with E-state index in [1.807, 2.05) is 0 Å². The maximum absolute atomic E-state index is 12.7. The van der Waals surface area contributed by atoms with E-state index < -0.39 is 10.0 Å². The standard InChI is InChI=1S/C15H21ClN2O2S/c1-12-11-17(9-10-18(12)15(2)7-8-15)21(19,20)14-6-4-3-5-13(14)16/h3-6,12H,7-11H2,1-2H3. The summed E-state index contributed by atoms with van der Waals surface area (Å²) in [5.74, 6) is 0. The van der Waals surface area contributed by atoms with E-state index in [4.69, 9.17) is 11.6 Å². The van der Waals surface area contributed by atoms with Crippen LogP contribution in [0, 0.1) is 0 Å². The quantitative estimate of drug-likeness (QED) is 0.856. The Kier molecular flexibility index (Phi) is 3.81. The molecule has 1 aromatic carbocycles. The Morgan fingerprint density at radius 1 is 1.24 bits per heavy atom. The minimum Gasteiger partial charge on any atom is -0.293 e. The third-order valence-corrected chi connectivity index (χ3v) is 7.08. The fourth-order valence-electron chi connectivity index (χ4n) is 3.21. The van der Waals surface area contributed by atoms with Gasteiger partial charge in [-0.3, -0.25) is 4.90 Å². The van der Waals surface area contributed by atoms with Gasteiger partial charge in [-0.15, -0.1) is 0 Å². The van der Waals surface area contributed by atoms with Gasteiger partial charge < -0.3 is 0 Å². The molecule has 1 aromatic rings. The highest BCUT2D eigenvalue weighted by Crippen LogP contribution is 2.43. The number of sulfonamides is 1. The number of rotatable bonds is 3. The SMILES string of the molecule is CC1CN(S(=O)(=O)c2ccccc2Cl)CCN1C1(C)CC1. The predicted octanol–water partition coefficient (Wildman–Crippen LogP) is 2.59. The summed E-state index contributed by atoms with van der Waals surface area (Å²) in [5.41, 5.74) is 0.291. The van der Waals surface area contributed by atoms with Crippen LogP contribution in [0.5, 0.6) is 0 Å². The molecule has 0 aromatic heterocycles. The Labute approximate surface area is 131 Å². The number of nitrogens with zero attached hydrogens (tertiary/aromatic N) is 2. The predicted molar refractivity (Wildman–Crippen MR) is 84.0 cm³/mol. The van der Waals surface area contributed by atoms with Gasteiger partial charge in [0.25, 0.3) is 0 Å². The lowest BCUT2D eigenvalue weighted by atomic mass is 10.1. The molecular formula is C15H21ClN2O2S. The zero-order valence-electron chi connectivity index (χ0n) is 12.4. The van der Waals surface area contributed by atoms with Crippen LogP contribution in [0.15, 0.2) is 29.2 Å². The van der Waals surface area contributed by atoms with E-state index in [0.717, 1.165) is 6.54 Å². The molecule has 1 atom stereocenters. The molecule has 1 aliphatic heterocycles. The van der Waals surface area contributed by atoms with Crippen molar-refractivity contribution >= 4 is 21.6 Å². The number of halogens is 1. The Hall–Kier alpha value is -0.620. The van der Waals surface area contributed by atoms with Crippen LogP contribution in [0.1, 0.15) is 26.7 Å². The van der Waals surface area contributed by atoms with Crippen molar-refractivity contribution in [3.05, 3.63) is 29.3 Å². The van der Waals surface area contributed by atoms with Gasteiger partial charge in [0.05, 0.1) is 5.02 Å². The summed E-state index contributed by atoms with van der Waals surface area (Å²) < 4.78 is 27.1. The van der Waals surface area contributed by atoms with E-state index in [9.17, 15) is 8.42 Å². The number of piperazine rings is 1. The van der Waals surface area contributed by atoms with Crippen molar-refractivity contribution in [1.82, 2.24) is 9.21 Å². The topological polar surface area (TPSA) is 40.6 Å². The first kappa shape index (κ1) is 15.3. The van der Waals surface area contributed by atoms with Crippen LogP contribution in [0.25, 0.3) is 0 Å². The van der Waals surface area contributed by atoms with Gasteiger partial charge in [0.1, 0.15) is 4.90 Å². The molecule has 0 amide bonds. The second kappa shape index (κ2) is 5.23. The molecule has 6 heteroatoms. The molecule has 21 heavy (non-hydrogen) atoms. The van der Waals surface area contributed by atoms with Crippen molar-refractivity contribution in [1.29, 1.82) is 0 Å². The van der Waals surface area contributed by atoms with Crippen LogP contribution >= 0.6 is 11.6 Å². The second-order valence-corrected chi connectivity index (χ2v) is 8.65. The molecule has 1 heterocycles. The zero-order valence-corrected chi connectivity index (χ0v) is 14.0. The molecule has 0 bridgehead atoms. The van der Waals surface area contributed by atoms with E-state index in [0.29, 0.717) is 23.7 Å². The average Bonchev–Trinajstić information content (AvgIpc) is 3.17. The molecule has 1 aliphatic carbocycles. The second-order valence-electron chi connectivity index (χ2n) is 6.33. The van der Waals surface area contributed by atoms with E-state index in [1.54, 1.807) is 28.6 Å². The molecular weight excluding hydrogens is 308 g/mol. The Morgan fingerprint density at radius 2 is 1.90 bits per heavy atom. The van der Waals surface area contributed by atoms with Gasteiger partial charge in [0.2, 0.25) is 10.0 Å². The molecule has 116 valence electrons. The van der Waals surface area contributed by atoms with Crippen LogP contribution in [0.2, 0.25) is 5.02 Å². The summed E-state index contributed by atoms with van der Waals surface area (Å²) in [6.45, 7) is 6.23. The molecule has 1 unspecified atom stereocenters. The highest BCUT2D eigenvalue weighted by Gasteiger charge is 2.47. The van der Waals surface area contributed by atoms with Gasteiger partial charge in [0.15, 0.2) is 0 Å². The van der Waals surface area contributed by atoms with Crippen LogP contribution < -0.4 is 0 Å². The van der Waals surface area contributed by atoms with Crippen LogP contribution in [-0.2, 0) is 10.0 Å². The Morgan fingerprint density at radius 3 is 2.48 bits per heavy atom. The maximum Gasteiger partial charge on any atom is 0.244 e. The maximum atomic E-state index is 12.7. The molecule has 0 radical (unpaired) electrons. The molecule has 3 rings (SSSR count). The minimum atomic E-state index is -3.50. The molecule has 0 N–H and O–H groups in total. The fourth-order valence-corrected chi connectivity index (χ4v) is 5.21. The van der Waals surface area contributed by atoms with E-state index in [2.05, 4.69) is 18.7 Å². The van der Waals surface area contributed by atoms with E-state index in [-0.39, 0.29) is 10.9 Å². The lowest BCUT2D eigenvalue weighted by Crippen LogP contribution is -2.56. The van der Waals surface area contributed by atoms with Crippen LogP contribution in [0.3, 0.4) is 0 Å². The van der Waals surface area contributed by atoms with Crippen molar-refractivity contribution in [2.24, 2.45) is 0 Å². The summed E-state index contributed by atoms with van der Waals surface area (Å²) >= 11 is 6.06. The van der Waals surface area contributed by atoms with Crippen molar-refractivity contribution in [2.75, 3.05) is 19.6 Å². The first-order valence-corrected chi connectivity index (χ1v) is 9.18. The summed E-state index contributed by atoms with van der Waals surface area (Å²) in [7, 11) is -3.50. The van der Waals surface area contributed by atoms with Gasteiger partial charge in [-0.05, 0) is 38.8 Å². The summed E-state index contributed by atoms with van der Waals surface area (Å²) in [5, 5.41) is 0.293. The largest absolute Gasteiger partial charge is 0.293 e. The minimum absolute atomic E-state index is 0.213. The average molecular weight is 329 g/mol. The number of benzene rings is 1. The zero-order chi connectivity index (χ0) is 15.3. The van der Waals surface area contributed by atoms with Gasteiger partial charge >= 0.3 is 0 Å².